The molecule has 0 atom stereocenters. The SMILES string of the molecule is CC(C)NCC1(C(=O)NS(=O)(=O)c2ccc(Cc3nc(NC4(c5ccc(Cl)cc5)CC4)nc(OCC(F)(F)F)n3)cc2)CC1. The van der Waals surface area contributed by atoms with Gasteiger partial charge < -0.3 is 15.4 Å². The van der Waals surface area contributed by atoms with Crippen LogP contribution in [0.15, 0.2) is 53.4 Å². The number of nitrogens with zero attached hydrogens (tertiary/aromatic N) is 3. The van der Waals surface area contributed by atoms with E-state index in [2.05, 4.69) is 30.3 Å². The molecular weight excluding hydrogens is 621 g/mol. The molecular formula is C29H32ClF3N6O4S. The number of nitrogens with one attached hydrogen (secondary N) is 3. The van der Waals surface area contributed by atoms with Crippen molar-refractivity contribution < 1.29 is 31.1 Å². The molecule has 0 radical (unpaired) electrons. The number of carbonyl (C=O) groups excluding carboxylic acids is 1. The molecule has 3 N–H and O–H groups in total. The van der Waals surface area contributed by atoms with Crippen molar-refractivity contribution in [3.63, 3.8) is 0 Å². The summed E-state index contributed by atoms with van der Waals surface area (Å²) in [5.74, 6) is -0.385. The van der Waals surface area contributed by atoms with E-state index >= 15 is 0 Å². The normalized spacial score (nSPS) is 16.8. The van der Waals surface area contributed by atoms with E-state index in [1.807, 2.05) is 26.0 Å². The van der Waals surface area contributed by atoms with Crippen LogP contribution in [0, 0.1) is 5.41 Å². The second-order valence-electron chi connectivity index (χ2n) is 11.5. The maximum absolute atomic E-state index is 12.9. The first kappa shape index (κ1) is 31.9. The monoisotopic (exact) mass is 652 g/mol. The van der Waals surface area contributed by atoms with Gasteiger partial charge in [-0.05, 0) is 61.1 Å². The van der Waals surface area contributed by atoms with Crippen LogP contribution in [0.1, 0.15) is 56.5 Å². The lowest BCUT2D eigenvalue weighted by molar-refractivity contribution is -0.154. The fourth-order valence-corrected chi connectivity index (χ4v) is 5.83. The van der Waals surface area contributed by atoms with Crippen LogP contribution in [0.3, 0.4) is 0 Å². The summed E-state index contributed by atoms with van der Waals surface area (Å²) >= 11 is 6.01. The van der Waals surface area contributed by atoms with Gasteiger partial charge in [-0.15, -0.1) is 0 Å². The van der Waals surface area contributed by atoms with Gasteiger partial charge in [0.2, 0.25) is 11.9 Å². The quantitative estimate of drug-likeness (QED) is 0.239. The molecule has 2 aliphatic rings. The highest BCUT2D eigenvalue weighted by atomic mass is 35.5. The Bertz CT molecular complexity index is 1610. The summed E-state index contributed by atoms with van der Waals surface area (Å²) in [6.45, 7) is 2.71. The predicted octanol–water partition coefficient (Wildman–Crippen LogP) is 4.74. The van der Waals surface area contributed by atoms with Crippen LogP contribution in [0.25, 0.3) is 0 Å². The molecule has 2 saturated carbocycles. The Kier molecular flexibility index (Phi) is 8.80. The zero-order valence-corrected chi connectivity index (χ0v) is 25.6. The molecule has 2 aromatic carbocycles. The number of benzene rings is 2. The lowest BCUT2D eigenvalue weighted by Crippen LogP contribution is -2.42. The number of hydrogen-bond donors (Lipinski definition) is 3. The van der Waals surface area contributed by atoms with Crippen molar-refractivity contribution in [2.75, 3.05) is 18.5 Å². The maximum Gasteiger partial charge on any atom is 0.422 e. The fourth-order valence-electron chi connectivity index (χ4n) is 4.63. The first-order valence-corrected chi connectivity index (χ1v) is 15.9. The van der Waals surface area contributed by atoms with E-state index in [0.717, 1.165) is 18.4 Å². The minimum Gasteiger partial charge on any atom is -0.454 e. The van der Waals surface area contributed by atoms with E-state index in [9.17, 15) is 26.4 Å². The molecule has 2 aliphatic carbocycles. The lowest BCUT2D eigenvalue weighted by atomic mass is 10.1. The summed E-state index contributed by atoms with van der Waals surface area (Å²) in [7, 11) is -4.12. The number of rotatable bonds is 13. The van der Waals surface area contributed by atoms with E-state index in [-0.39, 0.29) is 29.1 Å². The van der Waals surface area contributed by atoms with Gasteiger partial charge in [0.25, 0.3) is 10.0 Å². The molecule has 0 unspecified atom stereocenters. The van der Waals surface area contributed by atoms with Gasteiger partial charge in [0, 0.05) is 24.0 Å². The van der Waals surface area contributed by atoms with Crippen molar-refractivity contribution in [2.45, 2.75) is 68.6 Å². The molecule has 5 rings (SSSR count). The van der Waals surface area contributed by atoms with Crippen molar-refractivity contribution >= 4 is 33.5 Å². The average molecular weight is 653 g/mol. The number of aromatic nitrogens is 3. The molecule has 15 heteroatoms. The number of amides is 1. The molecule has 44 heavy (non-hydrogen) atoms. The lowest BCUT2D eigenvalue weighted by Gasteiger charge is -2.19. The number of ether oxygens (including phenoxy) is 1. The average Bonchev–Trinajstić information content (AvgIpc) is 3.88. The third-order valence-corrected chi connectivity index (χ3v) is 9.13. The molecule has 1 aromatic heterocycles. The van der Waals surface area contributed by atoms with Gasteiger partial charge in [0.15, 0.2) is 6.61 Å². The Morgan fingerprint density at radius 2 is 1.66 bits per heavy atom. The summed E-state index contributed by atoms with van der Waals surface area (Å²) < 4.78 is 71.5. The molecule has 2 fully saturated rings. The standard InChI is InChI=1S/C29H32ClF3N6O4S/c1-18(2)34-16-27(11-12-27)24(40)39-44(41,42)22-9-3-19(4-10-22)15-23-35-25(37-26(36-23)43-17-29(31,32)33)38-28(13-14-28)20-5-7-21(30)8-6-20/h3-10,18,34H,11-17H2,1-2H3,(H,39,40)(H,35,36,37,38). The minimum absolute atomic E-state index is 0.0440. The molecule has 3 aromatic rings. The van der Waals surface area contributed by atoms with Crippen molar-refractivity contribution in [1.29, 1.82) is 0 Å². The van der Waals surface area contributed by atoms with Crippen LogP contribution in [0.5, 0.6) is 6.01 Å². The number of hydrogen-bond acceptors (Lipinski definition) is 9. The third-order valence-electron chi connectivity index (χ3n) is 7.53. The summed E-state index contributed by atoms with van der Waals surface area (Å²) in [5, 5.41) is 6.98. The minimum atomic E-state index is -4.60. The maximum atomic E-state index is 12.9. The Balaban J connectivity index is 1.31. The van der Waals surface area contributed by atoms with Crippen LogP contribution in [0.4, 0.5) is 19.1 Å². The molecule has 236 valence electrons. The highest BCUT2D eigenvalue weighted by Gasteiger charge is 2.50. The van der Waals surface area contributed by atoms with Gasteiger partial charge in [0.1, 0.15) is 5.82 Å². The largest absolute Gasteiger partial charge is 0.454 e. The summed E-state index contributed by atoms with van der Waals surface area (Å²) in [6.07, 6.45) is -1.85. The van der Waals surface area contributed by atoms with Gasteiger partial charge >= 0.3 is 12.2 Å². The Morgan fingerprint density at radius 1 is 1.00 bits per heavy atom. The van der Waals surface area contributed by atoms with E-state index < -0.39 is 45.7 Å². The molecule has 0 aliphatic heterocycles. The molecule has 0 saturated heterocycles. The van der Waals surface area contributed by atoms with Crippen LogP contribution in [-0.2, 0) is 26.8 Å². The highest BCUT2D eigenvalue weighted by molar-refractivity contribution is 7.90. The first-order valence-electron chi connectivity index (χ1n) is 14.1. The van der Waals surface area contributed by atoms with E-state index in [4.69, 9.17) is 16.3 Å². The zero-order valence-electron chi connectivity index (χ0n) is 24.0. The number of carbonyl (C=O) groups is 1. The molecule has 0 spiro atoms. The van der Waals surface area contributed by atoms with Gasteiger partial charge in [-0.3, -0.25) is 4.79 Å². The van der Waals surface area contributed by atoms with E-state index in [1.54, 1.807) is 12.1 Å². The number of anilines is 1. The van der Waals surface area contributed by atoms with Crippen molar-refractivity contribution in [1.82, 2.24) is 25.0 Å². The fraction of sp³-hybridized carbons (Fsp3) is 0.448. The molecule has 10 nitrogen and oxygen atoms in total. The number of sulfonamides is 1. The van der Waals surface area contributed by atoms with Gasteiger partial charge in [-0.2, -0.15) is 28.1 Å². The molecule has 0 bridgehead atoms. The summed E-state index contributed by atoms with van der Waals surface area (Å²) in [4.78, 5) is 25.2. The first-order chi connectivity index (χ1) is 20.7. The van der Waals surface area contributed by atoms with Crippen molar-refractivity contribution in [3.05, 3.63) is 70.5 Å². The van der Waals surface area contributed by atoms with Crippen LogP contribution in [0.2, 0.25) is 5.02 Å². The third kappa shape index (κ3) is 7.96. The van der Waals surface area contributed by atoms with Crippen LogP contribution < -0.4 is 20.1 Å². The predicted molar refractivity (Wildman–Crippen MR) is 157 cm³/mol. The molecule has 1 amide bonds. The second-order valence-corrected chi connectivity index (χ2v) is 13.7. The van der Waals surface area contributed by atoms with Crippen LogP contribution >= 0.6 is 11.6 Å². The second kappa shape index (κ2) is 12.1. The van der Waals surface area contributed by atoms with E-state index in [0.29, 0.717) is 30.0 Å². The number of alkyl halides is 3. The van der Waals surface area contributed by atoms with E-state index in [1.165, 1.54) is 24.3 Å². The summed E-state index contributed by atoms with van der Waals surface area (Å²) in [6, 6.07) is 12.6. The topological polar surface area (TPSA) is 135 Å². The Labute approximate surface area is 258 Å². The van der Waals surface area contributed by atoms with Gasteiger partial charge in [0.05, 0.1) is 15.8 Å². The summed E-state index contributed by atoms with van der Waals surface area (Å²) in [5.41, 5.74) is 0.261. The van der Waals surface area contributed by atoms with Gasteiger partial charge in [-0.25, -0.2) is 13.1 Å². The smallest absolute Gasteiger partial charge is 0.422 e. The zero-order chi connectivity index (χ0) is 31.8. The van der Waals surface area contributed by atoms with Crippen molar-refractivity contribution in [3.8, 4) is 6.01 Å². The Morgan fingerprint density at radius 3 is 2.23 bits per heavy atom. The Hall–Kier alpha value is -3.49. The number of halogens is 4. The highest BCUT2D eigenvalue weighted by Crippen LogP contribution is 2.48. The molecule has 1 heterocycles. The van der Waals surface area contributed by atoms with Gasteiger partial charge in [-0.1, -0.05) is 49.7 Å². The van der Waals surface area contributed by atoms with Crippen LogP contribution in [-0.4, -0.2) is 54.6 Å². The van der Waals surface area contributed by atoms with Crippen molar-refractivity contribution in [2.24, 2.45) is 5.41 Å².